The van der Waals surface area contributed by atoms with Crippen molar-refractivity contribution in [2.75, 3.05) is 5.75 Å². The number of carbonyl (C=O) groups excluding carboxylic acids is 1. The lowest BCUT2D eigenvalue weighted by Gasteiger charge is -2.05. The van der Waals surface area contributed by atoms with Crippen LogP contribution in [0.5, 0.6) is 0 Å². The molecule has 0 aliphatic rings. The number of amides is 1. The molecule has 3 aromatic rings. The van der Waals surface area contributed by atoms with Gasteiger partial charge in [0.1, 0.15) is 0 Å². The summed E-state index contributed by atoms with van der Waals surface area (Å²) in [6, 6.07) is 16.8. The van der Waals surface area contributed by atoms with E-state index in [0.29, 0.717) is 22.6 Å². The van der Waals surface area contributed by atoms with Crippen LogP contribution in [0.2, 0.25) is 0 Å². The van der Waals surface area contributed by atoms with E-state index in [2.05, 4.69) is 15.3 Å². The SMILES string of the molecule is O=C(CSc1nc2ccccc2c(=O)[nH]1)NCc1ccccc1. The quantitative estimate of drug-likeness (QED) is 0.558. The molecule has 1 amide bonds. The summed E-state index contributed by atoms with van der Waals surface area (Å²) in [5, 5.41) is 3.84. The van der Waals surface area contributed by atoms with Crippen LogP contribution in [0.25, 0.3) is 10.9 Å². The van der Waals surface area contributed by atoms with Crippen molar-refractivity contribution < 1.29 is 4.79 Å². The first kappa shape index (κ1) is 15.3. The van der Waals surface area contributed by atoms with Crippen molar-refractivity contribution in [1.82, 2.24) is 15.3 Å². The molecule has 0 unspecified atom stereocenters. The molecule has 23 heavy (non-hydrogen) atoms. The minimum atomic E-state index is -0.192. The van der Waals surface area contributed by atoms with Crippen LogP contribution in [0.3, 0.4) is 0 Å². The highest BCUT2D eigenvalue weighted by Gasteiger charge is 2.07. The zero-order valence-corrected chi connectivity index (χ0v) is 13.1. The predicted molar refractivity (Wildman–Crippen MR) is 91.4 cm³/mol. The number of benzene rings is 2. The van der Waals surface area contributed by atoms with Gasteiger partial charge in [-0.05, 0) is 17.7 Å². The Hall–Kier alpha value is -2.60. The number of para-hydroxylation sites is 1. The molecule has 0 spiro atoms. The second-order valence-corrected chi connectivity index (χ2v) is 5.90. The zero-order chi connectivity index (χ0) is 16.1. The van der Waals surface area contributed by atoms with Gasteiger partial charge in [0.25, 0.3) is 5.56 Å². The molecule has 0 atom stereocenters. The van der Waals surface area contributed by atoms with E-state index in [1.165, 1.54) is 11.8 Å². The Morgan fingerprint density at radius 1 is 1.09 bits per heavy atom. The number of carbonyl (C=O) groups is 1. The number of hydrogen-bond acceptors (Lipinski definition) is 4. The smallest absolute Gasteiger partial charge is 0.259 e. The van der Waals surface area contributed by atoms with Gasteiger partial charge in [-0.25, -0.2) is 4.98 Å². The minimum absolute atomic E-state index is 0.102. The number of H-pyrrole nitrogens is 1. The fraction of sp³-hybridized carbons (Fsp3) is 0.118. The van der Waals surface area contributed by atoms with Crippen LogP contribution < -0.4 is 10.9 Å². The maximum absolute atomic E-state index is 11.9. The molecule has 3 rings (SSSR count). The van der Waals surface area contributed by atoms with Gasteiger partial charge < -0.3 is 10.3 Å². The van der Waals surface area contributed by atoms with E-state index >= 15 is 0 Å². The zero-order valence-electron chi connectivity index (χ0n) is 12.3. The molecular weight excluding hydrogens is 310 g/mol. The van der Waals surface area contributed by atoms with Crippen LogP contribution in [0, 0.1) is 0 Å². The van der Waals surface area contributed by atoms with E-state index < -0.39 is 0 Å². The van der Waals surface area contributed by atoms with Gasteiger partial charge in [0.2, 0.25) is 5.91 Å². The van der Waals surface area contributed by atoms with Crippen molar-refractivity contribution in [3.8, 4) is 0 Å². The maximum atomic E-state index is 11.9. The molecule has 116 valence electrons. The molecule has 1 heterocycles. The Balaban J connectivity index is 1.60. The molecule has 0 bridgehead atoms. The summed E-state index contributed by atoms with van der Waals surface area (Å²) in [5.74, 6) is 0.100. The molecule has 2 aromatic carbocycles. The van der Waals surface area contributed by atoms with Crippen molar-refractivity contribution in [3.63, 3.8) is 0 Å². The molecule has 0 fully saturated rings. The summed E-state index contributed by atoms with van der Waals surface area (Å²) in [6.07, 6.45) is 0. The van der Waals surface area contributed by atoms with E-state index in [1.54, 1.807) is 18.2 Å². The first-order chi connectivity index (χ1) is 11.2. The molecule has 1 aromatic heterocycles. The number of aromatic nitrogens is 2. The number of rotatable bonds is 5. The lowest BCUT2D eigenvalue weighted by atomic mass is 10.2. The van der Waals surface area contributed by atoms with E-state index in [-0.39, 0.29) is 17.2 Å². The van der Waals surface area contributed by atoms with Crippen LogP contribution in [-0.2, 0) is 11.3 Å². The predicted octanol–water partition coefficient (Wildman–Crippen LogP) is 2.33. The summed E-state index contributed by atoms with van der Waals surface area (Å²) in [6.45, 7) is 0.488. The number of nitrogens with one attached hydrogen (secondary N) is 2. The highest BCUT2D eigenvalue weighted by molar-refractivity contribution is 7.99. The summed E-state index contributed by atoms with van der Waals surface area (Å²) < 4.78 is 0. The fourth-order valence-electron chi connectivity index (χ4n) is 2.11. The highest BCUT2D eigenvalue weighted by Crippen LogP contribution is 2.14. The number of fused-ring (bicyclic) bond motifs is 1. The summed E-state index contributed by atoms with van der Waals surface area (Å²) in [7, 11) is 0. The van der Waals surface area contributed by atoms with Gasteiger partial charge in [0, 0.05) is 6.54 Å². The standard InChI is InChI=1S/C17H15N3O2S/c21-15(18-10-12-6-2-1-3-7-12)11-23-17-19-14-9-5-4-8-13(14)16(22)20-17/h1-9H,10-11H2,(H,18,21)(H,19,20,22). The third-order valence-electron chi connectivity index (χ3n) is 3.26. The molecule has 6 heteroatoms. The normalized spacial score (nSPS) is 10.6. The molecule has 5 nitrogen and oxygen atoms in total. The summed E-state index contributed by atoms with van der Waals surface area (Å²) in [4.78, 5) is 30.9. The second kappa shape index (κ2) is 7.11. The van der Waals surface area contributed by atoms with Crippen LogP contribution in [0.1, 0.15) is 5.56 Å². The lowest BCUT2D eigenvalue weighted by Crippen LogP contribution is -2.24. The Bertz CT molecular complexity index is 878. The van der Waals surface area contributed by atoms with Crippen LogP contribution in [-0.4, -0.2) is 21.6 Å². The molecule has 0 saturated heterocycles. The largest absolute Gasteiger partial charge is 0.351 e. The fourth-order valence-corrected chi connectivity index (χ4v) is 2.81. The number of hydrogen-bond donors (Lipinski definition) is 2. The van der Waals surface area contributed by atoms with E-state index in [9.17, 15) is 9.59 Å². The molecule has 0 aliphatic carbocycles. The summed E-state index contributed by atoms with van der Waals surface area (Å²) >= 11 is 1.21. The Morgan fingerprint density at radius 2 is 1.83 bits per heavy atom. The molecule has 2 N–H and O–H groups in total. The minimum Gasteiger partial charge on any atom is -0.351 e. The average Bonchev–Trinajstić information content (AvgIpc) is 2.59. The van der Waals surface area contributed by atoms with Gasteiger partial charge in [-0.2, -0.15) is 0 Å². The third kappa shape index (κ3) is 3.98. The first-order valence-corrected chi connectivity index (χ1v) is 8.13. The monoisotopic (exact) mass is 325 g/mol. The topological polar surface area (TPSA) is 74.8 Å². The Labute approximate surface area is 137 Å². The van der Waals surface area contributed by atoms with Gasteiger partial charge in [-0.15, -0.1) is 0 Å². The maximum Gasteiger partial charge on any atom is 0.259 e. The number of thioether (sulfide) groups is 1. The summed E-state index contributed by atoms with van der Waals surface area (Å²) in [5.41, 5.74) is 1.48. The van der Waals surface area contributed by atoms with Gasteiger partial charge in [0.05, 0.1) is 16.7 Å². The van der Waals surface area contributed by atoms with Gasteiger partial charge in [0.15, 0.2) is 5.16 Å². The highest BCUT2D eigenvalue weighted by atomic mass is 32.2. The Kier molecular flexibility index (Phi) is 4.73. The molecular formula is C17H15N3O2S. The molecule has 0 aliphatic heterocycles. The average molecular weight is 325 g/mol. The van der Waals surface area contributed by atoms with Gasteiger partial charge in [-0.1, -0.05) is 54.2 Å². The Morgan fingerprint density at radius 3 is 2.65 bits per heavy atom. The van der Waals surface area contributed by atoms with Gasteiger partial charge >= 0.3 is 0 Å². The van der Waals surface area contributed by atoms with Crippen LogP contribution in [0.4, 0.5) is 0 Å². The van der Waals surface area contributed by atoms with Crippen molar-refractivity contribution in [1.29, 1.82) is 0 Å². The van der Waals surface area contributed by atoms with E-state index in [0.717, 1.165) is 5.56 Å². The van der Waals surface area contributed by atoms with Crippen LogP contribution in [0.15, 0.2) is 64.5 Å². The van der Waals surface area contributed by atoms with Crippen molar-refractivity contribution in [2.24, 2.45) is 0 Å². The number of aromatic amines is 1. The van der Waals surface area contributed by atoms with Crippen molar-refractivity contribution in [2.45, 2.75) is 11.7 Å². The third-order valence-corrected chi connectivity index (χ3v) is 4.14. The first-order valence-electron chi connectivity index (χ1n) is 7.15. The van der Waals surface area contributed by atoms with Gasteiger partial charge in [-0.3, -0.25) is 9.59 Å². The van der Waals surface area contributed by atoms with Crippen molar-refractivity contribution in [3.05, 3.63) is 70.5 Å². The van der Waals surface area contributed by atoms with E-state index in [1.807, 2.05) is 36.4 Å². The second-order valence-electron chi connectivity index (χ2n) is 4.94. The molecule has 0 radical (unpaired) electrons. The molecule has 0 saturated carbocycles. The lowest BCUT2D eigenvalue weighted by molar-refractivity contribution is -0.118. The van der Waals surface area contributed by atoms with Crippen LogP contribution >= 0.6 is 11.8 Å². The number of nitrogens with zero attached hydrogens (tertiary/aromatic N) is 1. The van der Waals surface area contributed by atoms with Crippen molar-refractivity contribution >= 4 is 28.6 Å². The van der Waals surface area contributed by atoms with E-state index in [4.69, 9.17) is 0 Å².